The summed E-state index contributed by atoms with van der Waals surface area (Å²) in [5.74, 6) is -1.08. The maximum absolute atomic E-state index is 12.3. The van der Waals surface area contributed by atoms with Crippen LogP contribution in [0.15, 0.2) is 0 Å². The summed E-state index contributed by atoms with van der Waals surface area (Å²) in [4.78, 5) is 37.1. The minimum atomic E-state index is -1.01. The molecule has 1 fully saturated rings. The van der Waals surface area contributed by atoms with Crippen LogP contribution in [0.1, 0.15) is 33.6 Å². The molecule has 20 heavy (non-hydrogen) atoms. The summed E-state index contributed by atoms with van der Waals surface area (Å²) in [7, 11) is 0. The molecule has 1 saturated heterocycles. The van der Waals surface area contributed by atoms with Gasteiger partial charge < -0.3 is 20.2 Å². The third kappa shape index (κ3) is 4.71. The Morgan fingerprint density at radius 3 is 2.25 bits per heavy atom. The summed E-state index contributed by atoms with van der Waals surface area (Å²) in [6, 6.07) is -0.307. The van der Waals surface area contributed by atoms with Crippen LogP contribution in [0.5, 0.6) is 0 Å². The van der Waals surface area contributed by atoms with Gasteiger partial charge in [0.1, 0.15) is 6.54 Å². The number of carboxylic acids is 1. The molecule has 0 atom stereocenters. The van der Waals surface area contributed by atoms with Crippen molar-refractivity contribution in [2.75, 3.05) is 19.6 Å². The molecule has 0 radical (unpaired) electrons. The molecule has 0 saturated carbocycles. The van der Waals surface area contributed by atoms with E-state index in [4.69, 9.17) is 5.11 Å². The van der Waals surface area contributed by atoms with Gasteiger partial charge in [-0.2, -0.15) is 0 Å². The van der Waals surface area contributed by atoms with E-state index < -0.39 is 5.97 Å². The average molecular weight is 285 g/mol. The molecule has 114 valence electrons. The number of piperidine rings is 1. The van der Waals surface area contributed by atoms with Crippen molar-refractivity contribution in [1.82, 2.24) is 15.1 Å². The second-order valence-corrected chi connectivity index (χ2v) is 5.36. The normalized spacial score (nSPS) is 16.1. The van der Waals surface area contributed by atoms with Gasteiger partial charge >= 0.3 is 12.0 Å². The molecule has 0 bridgehead atoms. The zero-order chi connectivity index (χ0) is 15.3. The van der Waals surface area contributed by atoms with Crippen molar-refractivity contribution >= 4 is 17.9 Å². The van der Waals surface area contributed by atoms with Crippen LogP contribution in [0.3, 0.4) is 0 Å². The zero-order valence-electron chi connectivity index (χ0n) is 12.3. The lowest BCUT2D eigenvalue weighted by molar-refractivity contribution is -0.138. The first-order chi connectivity index (χ1) is 9.31. The molecule has 1 rings (SSSR count). The van der Waals surface area contributed by atoms with E-state index in [1.54, 1.807) is 18.7 Å². The van der Waals surface area contributed by atoms with E-state index in [0.29, 0.717) is 25.9 Å². The van der Waals surface area contributed by atoms with E-state index in [9.17, 15) is 14.4 Å². The second-order valence-electron chi connectivity index (χ2n) is 5.36. The quantitative estimate of drug-likeness (QED) is 0.787. The van der Waals surface area contributed by atoms with Gasteiger partial charge in [-0.25, -0.2) is 4.79 Å². The number of hydrogen-bond donors (Lipinski definition) is 2. The first kappa shape index (κ1) is 16.3. The molecule has 7 nitrogen and oxygen atoms in total. The van der Waals surface area contributed by atoms with Crippen molar-refractivity contribution < 1.29 is 19.5 Å². The van der Waals surface area contributed by atoms with E-state index in [0.717, 1.165) is 0 Å². The van der Waals surface area contributed by atoms with Gasteiger partial charge in [0.15, 0.2) is 0 Å². The number of amides is 3. The number of aliphatic carboxylic acids is 1. The van der Waals surface area contributed by atoms with E-state index in [1.807, 2.05) is 0 Å². The Morgan fingerprint density at radius 2 is 1.85 bits per heavy atom. The van der Waals surface area contributed by atoms with Gasteiger partial charge in [0, 0.05) is 32.1 Å². The van der Waals surface area contributed by atoms with Crippen LogP contribution >= 0.6 is 0 Å². The monoisotopic (exact) mass is 285 g/mol. The van der Waals surface area contributed by atoms with E-state index in [1.165, 1.54) is 11.8 Å². The van der Waals surface area contributed by atoms with Crippen molar-refractivity contribution in [3.8, 4) is 0 Å². The van der Waals surface area contributed by atoms with Crippen molar-refractivity contribution in [3.05, 3.63) is 0 Å². The number of carbonyl (C=O) groups is 3. The van der Waals surface area contributed by atoms with Crippen LogP contribution in [-0.2, 0) is 9.59 Å². The summed E-state index contributed by atoms with van der Waals surface area (Å²) in [6.07, 6.45) is 1.40. The molecule has 1 heterocycles. The van der Waals surface area contributed by atoms with Crippen molar-refractivity contribution in [3.63, 3.8) is 0 Å². The molecule has 0 aromatic rings. The molecule has 0 aromatic carbocycles. The first-order valence-electron chi connectivity index (χ1n) is 6.85. The number of hydrogen-bond acceptors (Lipinski definition) is 3. The van der Waals surface area contributed by atoms with Crippen molar-refractivity contribution in [2.24, 2.45) is 0 Å². The predicted molar refractivity (Wildman–Crippen MR) is 73.3 cm³/mol. The summed E-state index contributed by atoms with van der Waals surface area (Å²) >= 11 is 0. The lowest BCUT2D eigenvalue weighted by Gasteiger charge is -2.36. The van der Waals surface area contributed by atoms with E-state index in [-0.39, 0.29) is 30.6 Å². The fourth-order valence-electron chi connectivity index (χ4n) is 2.30. The highest BCUT2D eigenvalue weighted by molar-refractivity contribution is 5.80. The Hall–Kier alpha value is -1.79. The molecule has 1 aliphatic heterocycles. The molecule has 3 amide bonds. The summed E-state index contributed by atoms with van der Waals surface area (Å²) in [5.41, 5.74) is 0. The SMILES string of the molecule is CC(=O)NC1CCN(C(=O)N(CC(=O)O)C(C)C)CC1. The Bertz CT molecular complexity index is 376. The van der Waals surface area contributed by atoms with Crippen LogP contribution in [0, 0.1) is 0 Å². The third-order valence-corrected chi connectivity index (χ3v) is 3.35. The minimum Gasteiger partial charge on any atom is -0.480 e. The maximum Gasteiger partial charge on any atom is 0.323 e. The smallest absolute Gasteiger partial charge is 0.323 e. The molecule has 0 aliphatic carbocycles. The van der Waals surface area contributed by atoms with Crippen molar-refractivity contribution in [2.45, 2.75) is 45.7 Å². The van der Waals surface area contributed by atoms with Gasteiger partial charge in [-0.3, -0.25) is 9.59 Å². The zero-order valence-corrected chi connectivity index (χ0v) is 12.3. The molecular formula is C13H23N3O4. The first-order valence-corrected chi connectivity index (χ1v) is 6.85. The standard InChI is InChI=1S/C13H23N3O4/c1-9(2)16(8-12(18)19)13(20)15-6-4-11(5-7-15)14-10(3)17/h9,11H,4-8H2,1-3H3,(H,14,17)(H,18,19). The van der Waals surface area contributed by atoms with Gasteiger partial charge in [-0.15, -0.1) is 0 Å². The molecule has 7 heteroatoms. The van der Waals surface area contributed by atoms with Crippen LogP contribution in [0.4, 0.5) is 4.79 Å². The molecule has 0 spiro atoms. The molecule has 0 aromatic heterocycles. The highest BCUT2D eigenvalue weighted by Gasteiger charge is 2.28. The lowest BCUT2D eigenvalue weighted by Crippen LogP contribution is -2.53. The number of likely N-dealkylation sites (tertiary alicyclic amines) is 1. The van der Waals surface area contributed by atoms with Crippen LogP contribution in [0.2, 0.25) is 0 Å². The number of urea groups is 1. The number of carbonyl (C=O) groups excluding carboxylic acids is 2. The number of nitrogens with one attached hydrogen (secondary N) is 1. The minimum absolute atomic E-state index is 0.0653. The van der Waals surface area contributed by atoms with Gasteiger partial charge in [0.25, 0.3) is 0 Å². The number of nitrogens with zero attached hydrogens (tertiary/aromatic N) is 2. The fourth-order valence-corrected chi connectivity index (χ4v) is 2.30. The molecular weight excluding hydrogens is 262 g/mol. The Labute approximate surface area is 118 Å². The number of carboxylic acid groups (broad SMARTS) is 1. The Kier molecular flexibility index (Phi) is 5.79. The molecule has 1 aliphatic rings. The van der Waals surface area contributed by atoms with Crippen molar-refractivity contribution in [1.29, 1.82) is 0 Å². The largest absolute Gasteiger partial charge is 0.480 e. The molecule has 0 unspecified atom stereocenters. The summed E-state index contributed by atoms with van der Waals surface area (Å²) < 4.78 is 0. The highest BCUT2D eigenvalue weighted by Crippen LogP contribution is 2.14. The van der Waals surface area contributed by atoms with E-state index in [2.05, 4.69) is 5.32 Å². The van der Waals surface area contributed by atoms with Gasteiger partial charge in [0.2, 0.25) is 5.91 Å². The van der Waals surface area contributed by atoms with E-state index >= 15 is 0 Å². The van der Waals surface area contributed by atoms with Crippen LogP contribution in [-0.4, -0.2) is 64.5 Å². The average Bonchev–Trinajstić information content (AvgIpc) is 2.35. The van der Waals surface area contributed by atoms with Gasteiger partial charge in [0.05, 0.1) is 0 Å². The van der Waals surface area contributed by atoms with Gasteiger partial charge in [-0.1, -0.05) is 0 Å². The Balaban J connectivity index is 2.55. The second kappa shape index (κ2) is 7.12. The Morgan fingerprint density at radius 1 is 1.30 bits per heavy atom. The number of rotatable bonds is 4. The van der Waals surface area contributed by atoms with Crippen LogP contribution in [0.25, 0.3) is 0 Å². The lowest BCUT2D eigenvalue weighted by atomic mass is 10.1. The summed E-state index contributed by atoms with van der Waals surface area (Å²) in [5, 5.41) is 11.7. The highest BCUT2D eigenvalue weighted by atomic mass is 16.4. The van der Waals surface area contributed by atoms with Crippen LogP contribution < -0.4 is 5.32 Å². The molecule has 2 N–H and O–H groups in total. The topological polar surface area (TPSA) is 90.0 Å². The van der Waals surface area contributed by atoms with Gasteiger partial charge in [-0.05, 0) is 26.7 Å². The third-order valence-electron chi connectivity index (χ3n) is 3.35. The summed E-state index contributed by atoms with van der Waals surface area (Å²) in [6.45, 7) is 5.85. The predicted octanol–water partition coefficient (Wildman–Crippen LogP) is 0.502. The maximum atomic E-state index is 12.3. The fraction of sp³-hybridized carbons (Fsp3) is 0.769.